The van der Waals surface area contributed by atoms with E-state index in [2.05, 4.69) is 49.0 Å². The van der Waals surface area contributed by atoms with Crippen LogP contribution in [0.25, 0.3) is 0 Å². The van der Waals surface area contributed by atoms with Crippen LogP contribution >= 0.6 is 0 Å². The van der Waals surface area contributed by atoms with E-state index >= 15 is 0 Å². The van der Waals surface area contributed by atoms with Crippen molar-refractivity contribution in [1.29, 1.82) is 0 Å². The molecule has 18 heavy (non-hydrogen) atoms. The molecule has 1 saturated heterocycles. The van der Waals surface area contributed by atoms with Gasteiger partial charge in [0.05, 0.1) is 35.0 Å². The molecule has 0 saturated carbocycles. The Morgan fingerprint density at radius 3 is 2.33 bits per heavy atom. The molecule has 1 aromatic rings. The number of morpholine rings is 1. The Labute approximate surface area is 109 Å². The van der Waals surface area contributed by atoms with Gasteiger partial charge in [-0.15, -0.1) is 0 Å². The van der Waals surface area contributed by atoms with Gasteiger partial charge in [-0.25, -0.2) is 0 Å². The standard InChI is InChI=1S/C14H23N3O/c1-13(2)9-17(10-14(3,4)18-13)12-6-11(15-5)7-16-8-12/h6-8,15H,9-10H2,1-5H3. The Morgan fingerprint density at radius 2 is 1.78 bits per heavy atom. The molecule has 0 unspecified atom stereocenters. The molecule has 1 aliphatic heterocycles. The highest BCUT2D eigenvalue weighted by Crippen LogP contribution is 2.31. The summed E-state index contributed by atoms with van der Waals surface area (Å²) in [6.07, 6.45) is 3.75. The third-order valence-corrected chi connectivity index (χ3v) is 3.07. The van der Waals surface area contributed by atoms with Gasteiger partial charge in [0.25, 0.3) is 0 Å². The number of aromatic nitrogens is 1. The number of rotatable bonds is 2. The molecule has 2 rings (SSSR count). The van der Waals surface area contributed by atoms with Crippen molar-refractivity contribution in [2.45, 2.75) is 38.9 Å². The minimum absolute atomic E-state index is 0.141. The van der Waals surface area contributed by atoms with Crippen molar-refractivity contribution in [2.24, 2.45) is 0 Å². The van der Waals surface area contributed by atoms with Crippen LogP contribution in [0.3, 0.4) is 0 Å². The van der Waals surface area contributed by atoms with E-state index in [-0.39, 0.29) is 11.2 Å². The number of pyridine rings is 1. The van der Waals surface area contributed by atoms with E-state index < -0.39 is 0 Å². The van der Waals surface area contributed by atoms with E-state index in [4.69, 9.17) is 4.74 Å². The van der Waals surface area contributed by atoms with Crippen molar-refractivity contribution in [1.82, 2.24) is 4.98 Å². The first kappa shape index (κ1) is 13.1. The van der Waals surface area contributed by atoms with E-state index in [0.717, 1.165) is 24.5 Å². The van der Waals surface area contributed by atoms with Crippen molar-refractivity contribution in [3.8, 4) is 0 Å². The summed E-state index contributed by atoms with van der Waals surface area (Å²) in [6.45, 7) is 10.3. The van der Waals surface area contributed by atoms with Gasteiger partial charge in [0.1, 0.15) is 0 Å². The molecule has 2 heterocycles. The van der Waals surface area contributed by atoms with Crippen LogP contribution in [0.15, 0.2) is 18.5 Å². The van der Waals surface area contributed by atoms with Gasteiger partial charge in [0.2, 0.25) is 0 Å². The molecule has 1 aliphatic rings. The van der Waals surface area contributed by atoms with Crippen molar-refractivity contribution in [2.75, 3.05) is 30.4 Å². The molecule has 0 amide bonds. The van der Waals surface area contributed by atoms with Crippen LogP contribution in [-0.4, -0.2) is 36.3 Å². The molecule has 100 valence electrons. The first-order valence-corrected chi connectivity index (χ1v) is 6.39. The predicted molar refractivity (Wildman–Crippen MR) is 75.2 cm³/mol. The predicted octanol–water partition coefficient (Wildman–Crippen LogP) is 2.52. The van der Waals surface area contributed by atoms with Crippen molar-refractivity contribution in [3.05, 3.63) is 18.5 Å². The van der Waals surface area contributed by atoms with Gasteiger partial charge in [-0.05, 0) is 33.8 Å². The van der Waals surface area contributed by atoms with Crippen LogP contribution in [0.5, 0.6) is 0 Å². The zero-order valence-corrected chi connectivity index (χ0v) is 11.9. The zero-order chi connectivity index (χ0) is 13.4. The Kier molecular flexibility index (Phi) is 3.23. The zero-order valence-electron chi connectivity index (χ0n) is 11.9. The summed E-state index contributed by atoms with van der Waals surface area (Å²) in [4.78, 5) is 6.63. The van der Waals surface area contributed by atoms with Gasteiger partial charge in [0, 0.05) is 20.1 Å². The quantitative estimate of drug-likeness (QED) is 0.874. The molecule has 0 aliphatic carbocycles. The molecule has 4 heteroatoms. The van der Waals surface area contributed by atoms with Crippen LogP contribution in [0, 0.1) is 0 Å². The number of hydrogen-bond acceptors (Lipinski definition) is 4. The lowest BCUT2D eigenvalue weighted by Gasteiger charge is -2.48. The van der Waals surface area contributed by atoms with Gasteiger partial charge in [-0.1, -0.05) is 0 Å². The van der Waals surface area contributed by atoms with Crippen LogP contribution in [0.2, 0.25) is 0 Å². The number of hydrogen-bond donors (Lipinski definition) is 1. The topological polar surface area (TPSA) is 37.4 Å². The summed E-state index contributed by atoms with van der Waals surface area (Å²) in [6, 6.07) is 2.13. The Hall–Kier alpha value is -1.29. The Morgan fingerprint density at radius 1 is 1.17 bits per heavy atom. The number of nitrogens with one attached hydrogen (secondary N) is 1. The summed E-state index contributed by atoms with van der Waals surface area (Å²) in [7, 11) is 1.91. The molecular formula is C14H23N3O. The highest BCUT2D eigenvalue weighted by molar-refractivity contribution is 5.56. The minimum atomic E-state index is -0.141. The third kappa shape index (κ3) is 2.93. The van der Waals surface area contributed by atoms with Gasteiger partial charge < -0.3 is 15.0 Å². The van der Waals surface area contributed by atoms with E-state index in [1.165, 1.54) is 0 Å². The van der Waals surface area contributed by atoms with Gasteiger partial charge >= 0.3 is 0 Å². The van der Waals surface area contributed by atoms with E-state index in [1.54, 1.807) is 0 Å². The van der Waals surface area contributed by atoms with Crippen LogP contribution in [0.1, 0.15) is 27.7 Å². The highest BCUT2D eigenvalue weighted by atomic mass is 16.5. The normalized spacial score (nSPS) is 21.7. The van der Waals surface area contributed by atoms with Crippen LogP contribution < -0.4 is 10.2 Å². The van der Waals surface area contributed by atoms with Crippen molar-refractivity contribution in [3.63, 3.8) is 0 Å². The second-order valence-electron chi connectivity index (χ2n) is 6.16. The lowest BCUT2D eigenvalue weighted by Crippen LogP contribution is -2.57. The van der Waals surface area contributed by atoms with Gasteiger partial charge in [-0.3, -0.25) is 4.98 Å². The summed E-state index contributed by atoms with van der Waals surface area (Å²) in [5, 5.41) is 3.13. The summed E-state index contributed by atoms with van der Waals surface area (Å²) in [5.74, 6) is 0. The number of nitrogens with zero attached hydrogens (tertiary/aromatic N) is 2. The molecule has 1 N–H and O–H groups in total. The second kappa shape index (κ2) is 4.43. The lowest BCUT2D eigenvalue weighted by atomic mass is 9.98. The fourth-order valence-electron chi connectivity index (χ4n) is 2.71. The van der Waals surface area contributed by atoms with Crippen molar-refractivity contribution < 1.29 is 4.74 Å². The minimum Gasteiger partial charge on any atom is -0.387 e. The molecule has 0 radical (unpaired) electrons. The second-order valence-corrected chi connectivity index (χ2v) is 6.16. The molecule has 1 fully saturated rings. The Bertz CT molecular complexity index is 413. The molecule has 0 aromatic carbocycles. The van der Waals surface area contributed by atoms with Crippen LogP contribution in [0.4, 0.5) is 11.4 Å². The molecule has 4 nitrogen and oxygen atoms in total. The first-order valence-electron chi connectivity index (χ1n) is 6.39. The maximum Gasteiger partial charge on any atom is 0.0808 e. The van der Waals surface area contributed by atoms with Gasteiger partial charge in [0.15, 0.2) is 0 Å². The number of ether oxygens (including phenoxy) is 1. The molecular weight excluding hydrogens is 226 g/mol. The third-order valence-electron chi connectivity index (χ3n) is 3.07. The van der Waals surface area contributed by atoms with E-state index in [9.17, 15) is 0 Å². The van der Waals surface area contributed by atoms with Gasteiger partial charge in [-0.2, -0.15) is 0 Å². The fourth-order valence-corrected chi connectivity index (χ4v) is 2.71. The average Bonchev–Trinajstić information content (AvgIpc) is 2.25. The molecule has 0 atom stereocenters. The highest BCUT2D eigenvalue weighted by Gasteiger charge is 2.38. The lowest BCUT2D eigenvalue weighted by molar-refractivity contribution is -0.133. The monoisotopic (exact) mass is 249 g/mol. The van der Waals surface area contributed by atoms with Crippen LogP contribution in [-0.2, 0) is 4.74 Å². The summed E-state index contributed by atoms with van der Waals surface area (Å²) < 4.78 is 6.09. The average molecular weight is 249 g/mol. The SMILES string of the molecule is CNc1cncc(N2CC(C)(C)OC(C)(C)C2)c1. The Balaban J connectivity index is 2.26. The smallest absolute Gasteiger partial charge is 0.0808 e. The number of anilines is 2. The molecule has 1 aromatic heterocycles. The first-order chi connectivity index (χ1) is 8.31. The fraction of sp³-hybridized carbons (Fsp3) is 0.643. The molecule has 0 bridgehead atoms. The maximum absolute atomic E-state index is 6.09. The summed E-state index contributed by atoms with van der Waals surface area (Å²) in [5.41, 5.74) is 1.90. The summed E-state index contributed by atoms with van der Waals surface area (Å²) >= 11 is 0. The van der Waals surface area contributed by atoms with E-state index in [0.29, 0.717) is 0 Å². The largest absolute Gasteiger partial charge is 0.387 e. The molecule has 0 spiro atoms. The maximum atomic E-state index is 6.09. The van der Waals surface area contributed by atoms with E-state index in [1.807, 2.05) is 19.4 Å². The van der Waals surface area contributed by atoms with Crippen molar-refractivity contribution >= 4 is 11.4 Å².